The number of hydrogen-bond acceptors (Lipinski definition) is 3. The molecule has 0 aromatic heterocycles. The molecule has 0 spiro atoms. The van der Waals surface area contributed by atoms with Gasteiger partial charge in [-0.05, 0) is 63.5 Å². The van der Waals surface area contributed by atoms with E-state index in [2.05, 4.69) is 22.8 Å². The van der Waals surface area contributed by atoms with Gasteiger partial charge < -0.3 is 15.5 Å². The summed E-state index contributed by atoms with van der Waals surface area (Å²) < 4.78 is 0. The van der Waals surface area contributed by atoms with E-state index < -0.39 is 0 Å². The number of aryl methyl sites for hydroxylation is 3. The fourth-order valence-electron chi connectivity index (χ4n) is 4.60. The number of amides is 2. The number of likely N-dealkylation sites (N-methyl/N-ethyl adjacent to an activating group) is 1. The Kier molecular flexibility index (Phi) is 5.66. The molecule has 2 fully saturated rings. The van der Waals surface area contributed by atoms with Crippen molar-refractivity contribution in [1.82, 2.24) is 10.2 Å². The number of carbonyl (C=O) groups excluding carboxylic acids is 2. The average Bonchev–Trinajstić information content (AvgIpc) is 2.89. The molecule has 1 aromatic carbocycles. The minimum Gasteiger partial charge on any atom is -0.336 e. The van der Waals surface area contributed by atoms with E-state index >= 15 is 0 Å². The van der Waals surface area contributed by atoms with Gasteiger partial charge in [-0.1, -0.05) is 17.7 Å². The molecule has 0 radical (unpaired) electrons. The number of nitrogens with one attached hydrogen (secondary N) is 2. The van der Waals surface area contributed by atoms with E-state index in [1.165, 1.54) is 18.4 Å². The van der Waals surface area contributed by atoms with Gasteiger partial charge >= 0.3 is 0 Å². The van der Waals surface area contributed by atoms with Crippen LogP contribution in [0.25, 0.3) is 0 Å². The number of nitrogens with zero attached hydrogens (tertiary/aromatic N) is 1. The first-order valence-electron chi connectivity index (χ1n) is 9.69. The van der Waals surface area contributed by atoms with E-state index in [0.717, 1.165) is 29.7 Å². The third-order valence-electron chi connectivity index (χ3n) is 5.78. The van der Waals surface area contributed by atoms with Gasteiger partial charge in [0.05, 0.1) is 6.54 Å². The first-order valence-corrected chi connectivity index (χ1v) is 9.69. The Labute approximate surface area is 156 Å². The molecule has 5 heteroatoms. The van der Waals surface area contributed by atoms with Crippen molar-refractivity contribution in [3.05, 3.63) is 28.8 Å². The molecule has 3 rings (SSSR count). The van der Waals surface area contributed by atoms with Crippen LogP contribution in [0.5, 0.6) is 0 Å². The zero-order valence-electron chi connectivity index (χ0n) is 16.4. The van der Waals surface area contributed by atoms with E-state index in [1.54, 1.807) is 11.9 Å². The molecule has 2 amide bonds. The van der Waals surface area contributed by atoms with Crippen LogP contribution in [0.15, 0.2) is 12.1 Å². The smallest absolute Gasteiger partial charge is 0.243 e. The van der Waals surface area contributed by atoms with Crippen LogP contribution in [0.2, 0.25) is 0 Å². The number of fused-ring (bicyclic) bond motifs is 2. The monoisotopic (exact) mass is 357 g/mol. The molecule has 2 unspecified atom stereocenters. The molecule has 0 aliphatic carbocycles. The van der Waals surface area contributed by atoms with E-state index in [4.69, 9.17) is 0 Å². The first-order chi connectivity index (χ1) is 12.3. The van der Waals surface area contributed by atoms with Crippen LogP contribution in [-0.2, 0) is 9.59 Å². The van der Waals surface area contributed by atoms with Gasteiger partial charge in [0.25, 0.3) is 0 Å². The summed E-state index contributed by atoms with van der Waals surface area (Å²) in [6, 6.07) is 5.30. The molecule has 1 aromatic rings. The Balaban J connectivity index is 1.51. The summed E-state index contributed by atoms with van der Waals surface area (Å²) >= 11 is 0. The van der Waals surface area contributed by atoms with Crippen molar-refractivity contribution in [2.24, 2.45) is 5.92 Å². The minimum absolute atomic E-state index is 0.0730. The van der Waals surface area contributed by atoms with Crippen LogP contribution < -0.4 is 10.6 Å². The molecule has 0 saturated carbocycles. The van der Waals surface area contributed by atoms with Crippen LogP contribution >= 0.6 is 0 Å². The molecule has 142 valence electrons. The van der Waals surface area contributed by atoms with Gasteiger partial charge in [-0.2, -0.15) is 0 Å². The summed E-state index contributed by atoms with van der Waals surface area (Å²) in [7, 11) is 1.73. The lowest BCUT2D eigenvalue weighted by atomic mass is 9.89. The lowest BCUT2D eigenvalue weighted by Gasteiger charge is -2.29. The minimum atomic E-state index is -0.138. The zero-order chi connectivity index (χ0) is 18.8. The standard InChI is InChI=1S/C21H31N3O2/c1-13-7-14(2)21(15(3)8-13)23-19(25)12-24(4)20(26)11-16-9-17-5-6-18(10-16)22-17/h7-8,16-18,22H,5-6,9-12H2,1-4H3,(H,23,25). The van der Waals surface area contributed by atoms with Crippen molar-refractivity contribution in [1.29, 1.82) is 0 Å². The van der Waals surface area contributed by atoms with Crippen molar-refractivity contribution in [2.75, 3.05) is 18.9 Å². The highest BCUT2D eigenvalue weighted by molar-refractivity contribution is 5.95. The lowest BCUT2D eigenvalue weighted by Crippen LogP contribution is -2.41. The first kappa shape index (κ1) is 18.9. The number of piperidine rings is 1. The fraction of sp³-hybridized carbons (Fsp3) is 0.619. The van der Waals surface area contributed by atoms with Gasteiger partial charge in [-0.3, -0.25) is 9.59 Å². The zero-order valence-corrected chi connectivity index (χ0v) is 16.4. The number of benzene rings is 1. The molecule has 2 aliphatic heterocycles. The van der Waals surface area contributed by atoms with E-state index in [-0.39, 0.29) is 18.4 Å². The Morgan fingerprint density at radius 3 is 2.27 bits per heavy atom. The highest BCUT2D eigenvalue weighted by atomic mass is 16.2. The molecule has 5 nitrogen and oxygen atoms in total. The van der Waals surface area contributed by atoms with Gasteiger partial charge in [0.2, 0.25) is 11.8 Å². The van der Waals surface area contributed by atoms with Gasteiger partial charge in [0.15, 0.2) is 0 Å². The van der Waals surface area contributed by atoms with E-state index in [9.17, 15) is 9.59 Å². The summed E-state index contributed by atoms with van der Waals surface area (Å²) in [5.41, 5.74) is 4.14. The summed E-state index contributed by atoms with van der Waals surface area (Å²) in [5, 5.41) is 6.58. The normalized spacial score (nSPS) is 24.4. The van der Waals surface area contributed by atoms with Gasteiger partial charge in [0, 0.05) is 31.2 Å². The number of anilines is 1. The summed E-state index contributed by atoms with van der Waals surface area (Å²) in [4.78, 5) is 26.5. The Morgan fingerprint density at radius 1 is 1.12 bits per heavy atom. The Hall–Kier alpha value is -1.88. The van der Waals surface area contributed by atoms with Gasteiger partial charge in [0.1, 0.15) is 0 Å². The number of carbonyl (C=O) groups is 2. The maximum Gasteiger partial charge on any atom is 0.243 e. The predicted octanol–water partition coefficient (Wildman–Crippen LogP) is 2.93. The second-order valence-electron chi connectivity index (χ2n) is 8.25. The van der Waals surface area contributed by atoms with Crippen LogP contribution in [0.4, 0.5) is 5.69 Å². The second kappa shape index (κ2) is 7.78. The van der Waals surface area contributed by atoms with E-state index in [0.29, 0.717) is 24.4 Å². The second-order valence-corrected chi connectivity index (χ2v) is 8.25. The molecule has 2 N–H and O–H groups in total. The summed E-state index contributed by atoms with van der Waals surface area (Å²) in [6.45, 7) is 6.14. The van der Waals surface area contributed by atoms with E-state index in [1.807, 2.05) is 20.8 Å². The van der Waals surface area contributed by atoms with Crippen molar-refractivity contribution >= 4 is 17.5 Å². The van der Waals surface area contributed by atoms with Crippen molar-refractivity contribution in [3.8, 4) is 0 Å². The average molecular weight is 357 g/mol. The van der Waals surface area contributed by atoms with Crippen LogP contribution in [0.1, 0.15) is 48.8 Å². The fourth-order valence-corrected chi connectivity index (χ4v) is 4.60. The molecule has 2 atom stereocenters. The SMILES string of the molecule is Cc1cc(C)c(NC(=O)CN(C)C(=O)CC2CC3CCC(C2)N3)c(C)c1. The largest absolute Gasteiger partial charge is 0.336 e. The number of hydrogen-bond donors (Lipinski definition) is 2. The van der Waals surface area contributed by atoms with Gasteiger partial charge in [-0.25, -0.2) is 0 Å². The topological polar surface area (TPSA) is 61.4 Å². The van der Waals surface area contributed by atoms with Crippen molar-refractivity contribution in [3.63, 3.8) is 0 Å². The summed E-state index contributed by atoms with van der Waals surface area (Å²) in [5.74, 6) is 0.387. The van der Waals surface area contributed by atoms with Crippen LogP contribution in [0.3, 0.4) is 0 Å². The van der Waals surface area contributed by atoms with Gasteiger partial charge in [-0.15, -0.1) is 0 Å². The highest BCUT2D eigenvalue weighted by Crippen LogP contribution is 2.32. The Bertz CT molecular complexity index is 665. The molecule has 2 heterocycles. The summed E-state index contributed by atoms with van der Waals surface area (Å²) in [6.07, 6.45) is 5.21. The molecule has 26 heavy (non-hydrogen) atoms. The van der Waals surface area contributed by atoms with Crippen LogP contribution in [0, 0.1) is 26.7 Å². The molecular weight excluding hydrogens is 326 g/mol. The Morgan fingerprint density at radius 2 is 1.69 bits per heavy atom. The lowest BCUT2D eigenvalue weighted by molar-refractivity contribution is -0.134. The highest BCUT2D eigenvalue weighted by Gasteiger charge is 2.34. The molecular formula is C21H31N3O2. The maximum absolute atomic E-state index is 12.5. The molecule has 2 bridgehead atoms. The quantitative estimate of drug-likeness (QED) is 0.852. The third-order valence-corrected chi connectivity index (χ3v) is 5.78. The van der Waals surface area contributed by atoms with Crippen molar-refractivity contribution < 1.29 is 9.59 Å². The van der Waals surface area contributed by atoms with Crippen molar-refractivity contribution in [2.45, 2.75) is 65.0 Å². The third kappa shape index (κ3) is 4.44. The number of rotatable bonds is 5. The predicted molar refractivity (Wildman–Crippen MR) is 104 cm³/mol. The molecule has 2 aliphatic rings. The maximum atomic E-state index is 12.5. The van der Waals surface area contributed by atoms with Crippen LogP contribution in [-0.4, -0.2) is 42.4 Å². The molecule has 2 saturated heterocycles.